The summed E-state index contributed by atoms with van der Waals surface area (Å²) in [7, 11) is -3.25. The van der Waals surface area contributed by atoms with Crippen molar-refractivity contribution in [3.63, 3.8) is 0 Å². The van der Waals surface area contributed by atoms with Crippen LogP contribution in [-0.4, -0.2) is 19.8 Å². The summed E-state index contributed by atoms with van der Waals surface area (Å²) in [6, 6.07) is 14.5. The third-order valence-corrected chi connectivity index (χ3v) is 3.84. The largest absolute Gasteiger partial charge is 0.508 e. The van der Waals surface area contributed by atoms with Crippen LogP contribution < -0.4 is 10.0 Å². The number of nitrogens with one attached hydrogen (secondary N) is 2. The normalized spacial score (nSPS) is 12.8. The van der Waals surface area contributed by atoms with Gasteiger partial charge in [0, 0.05) is 18.3 Å². The second kappa shape index (κ2) is 6.81. The minimum atomic E-state index is -3.25. The van der Waals surface area contributed by atoms with Crippen molar-refractivity contribution in [1.82, 2.24) is 5.32 Å². The van der Waals surface area contributed by atoms with Crippen molar-refractivity contribution in [2.45, 2.75) is 19.5 Å². The summed E-state index contributed by atoms with van der Waals surface area (Å²) in [5.74, 6) is 0.253. The lowest BCUT2D eigenvalue weighted by atomic mass is 10.1. The molecule has 0 heterocycles. The van der Waals surface area contributed by atoms with E-state index in [4.69, 9.17) is 0 Å². The van der Waals surface area contributed by atoms with Crippen LogP contribution in [0.4, 0.5) is 5.69 Å². The highest BCUT2D eigenvalue weighted by molar-refractivity contribution is 7.92. The van der Waals surface area contributed by atoms with E-state index >= 15 is 0 Å². The minimum absolute atomic E-state index is 0.106. The van der Waals surface area contributed by atoms with Gasteiger partial charge < -0.3 is 10.4 Å². The van der Waals surface area contributed by atoms with Crippen LogP contribution >= 0.6 is 0 Å². The van der Waals surface area contributed by atoms with Crippen LogP contribution in [0.1, 0.15) is 24.1 Å². The molecule has 0 saturated carbocycles. The number of sulfonamides is 1. The molecule has 0 aliphatic heterocycles. The number of hydrogen-bond acceptors (Lipinski definition) is 4. The van der Waals surface area contributed by atoms with E-state index in [1.54, 1.807) is 24.3 Å². The first-order chi connectivity index (χ1) is 10.3. The molecule has 118 valence electrons. The monoisotopic (exact) mass is 320 g/mol. The van der Waals surface area contributed by atoms with E-state index < -0.39 is 10.0 Å². The Kier molecular flexibility index (Phi) is 5.05. The zero-order valence-corrected chi connectivity index (χ0v) is 13.4. The van der Waals surface area contributed by atoms with E-state index in [9.17, 15) is 13.5 Å². The average molecular weight is 320 g/mol. The van der Waals surface area contributed by atoms with Crippen LogP contribution in [0.3, 0.4) is 0 Å². The summed E-state index contributed by atoms with van der Waals surface area (Å²) in [5.41, 5.74) is 2.60. The molecule has 22 heavy (non-hydrogen) atoms. The van der Waals surface area contributed by atoms with Gasteiger partial charge in [-0.25, -0.2) is 8.42 Å². The number of anilines is 1. The van der Waals surface area contributed by atoms with Crippen LogP contribution in [0.5, 0.6) is 5.75 Å². The average Bonchev–Trinajstić information content (AvgIpc) is 2.44. The topological polar surface area (TPSA) is 78.4 Å². The molecule has 3 N–H and O–H groups in total. The summed E-state index contributed by atoms with van der Waals surface area (Å²) in [6.45, 7) is 2.67. The lowest BCUT2D eigenvalue weighted by molar-refractivity contribution is 0.473. The summed E-state index contributed by atoms with van der Waals surface area (Å²) < 4.78 is 24.8. The highest BCUT2D eigenvalue weighted by Gasteiger charge is 2.06. The van der Waals surface area contributed by atoms with E-state index in [-0.39, 0.29) is 11.8 Å². The second-order valence-corrected chi connectivity index (χ2v) is 7.02. The molecule has 5 nitrogen and oxygen atoms in total. The number of aromatic hydroxyl groups is 1. The first kappa shape index (κ1) is 16.3. The Morgan fingerprint density at radius 2 is 1.82 bits per heavy atom. The highest BCUT2D eigenvalue weighted by atomic mass is 32.2. The Balaban J connectivity index is 1.96. The maximum atomic E-state index is 11.2. The van der Waals surface area contributed by atoms with Gasteiger partial charge in [-0.3, -0.25) is 4.72 Å². The standard InChI is InChI=1S/C16H20N2O3S/c1-12(17-11-13-4-3-5-16(19)10-13)14-6-8-15(9-7-14)18-22(2,20)21/h3-10,12,17-19H,11H2,1-2H3/t12-/m0/s1. The minimum Gasteiger partial charge on any atom is -0.508 e. The number of benzene rings is 2. The van der Waals surface area contributed by atoms with E-state index in [1.807, 2.05) is 31.2 Å². The number of phenols is 1. The van der Waals surface area contributed by atoms with Crippen molar-refractivity contribution in [1.29, 1.82) is 0 Å². The van der Waals surface area contributed by atoms with Gasteiger partial charge >= 0.3 is 0 Å². The first-order valence-electron chi connectivity index (χ1n) is 6.92. The molecule has 0 fully saturated rings. The highest BCUT2D eigenvalue weighted by Crippen LogP contribution is 2.18. The number of hydrogen-bond donors (Lipinski definition) is 3. The Hall–Kier alpha value is -2.05. The van der Waals surface area contributed by atoms with E-state index in [0.29, 0.717) is 12.2 Å². The molecule has 0 bridgehead atoms. The van der Waals surface area contributed by atoms with Crippen LogP contribution in [-0.2, 0) is 16.6 Å². The molecule has 0 aliphatic rings. The molecule has 0 amide bonds. The van der Waals surface area contributed by atoms with Gasteiger partial charge in [0.05, 0.1) is 6.26 Å². The molecule has 6 heteroatoms. The Morgan fingerprint density at radius 1 is 1.14 bits per heavy atom. The van der Waals surface area contributed by atoms with E-state index in [0.717, 1.165) is 17.4 Å². The van der Waals surface area contributed by atoms with Gasteiger partial charge in [0.1, 0.15) is 5.75 Å². The first-order valence-corrected chi connectivity index (χ1v) is 8.82. The fourth-order valence-electron chi connectivity index (χ4n) is 2.11. The molecular formula is C16H20N2O3S. The van der Waals surface area contributed by atoms with Crippen molar-refractivity contribution < 1.29 is 13.5 Å². The lowest BCUT2D eigenvalue weighted by Crippen LogP contribution is -2.18. The summed E-state index contributed by atoms with van der Waals surface area (Å²) in [4.78, 5) is 0. The van der Waals surface area contributed by atoms with Crippen molar-refractivity contribution >= 4 is 15.7 Å². The smallest absolute Gasteiger partial charge is 0.229 e. The quantitative estimate of drug-likeness (QED) is 0.764. The molecule has 0 unspecified atom stereocenters. The summed E-state index contributed by atoms with van der Waals surface area (Å²) in [6.07, 6.45) is 1.13. The fourth-order valence-corrected chi connectivity index (χ4v) is 2.67. The fraction of sp³-hybridized carbons (Fsp3) is 0.250. The Labute approximate surface area is 131 Å². The second-order valence-electron chi connectivity index (χ2n) is 5.27. The molecule has 2 rings (SSSR count). The van der Waals surface area contributed by atoms with Crippen LogP contribution in [0.15, 0.2) is 48.5 Å². The molecule has 0 saturated heterocycles. The van der Waals surface area contributed by atoms with Gasteiger partial charge in [0.25, 0.3) is 0 Å². The van der Waals surface area contributed by atoms with Crippen molar-refractivity contribution in [2.24, 2.45) is 0 Å². The van der Waals surface area contributed by atoms with E-state index in [2.05, 4.69) is 10.0 Å². The lowest BCUT2D eigenvalue weighted by Gasteiger charge is -2.15. The third kappa shape index (κ3) is 5.05. The molecule has 2 aromatic carbocycles. The van der Waals surface area contributed by atoms with Gasteiger partial charge in [0.2, 0.25) is 10.0 Å². The van der Waals surface area contributed by atoms with Crippen molar-refractivity contribution in [3.05, 3.63) is 59.7 Å². The van der Waals surface area contributed by atoms with Crippen molar-refractivity contribution in [3.8, 4) is 5.75 Å². The SMILES string of the molecule is C[C@H](NCc1cccc(O)c1)c1ccc(NS(C)(=O)=O)cc1. The van der Waals surface area contributed by atoms with Gasteiger partial charge in [-0.1, -0.05) is 24.3 Å². The molecule has 0 aliphatic carbocycles. The molecule has 2 aromatic rings. The summed E-state index contributed by atoms with van der Waals surface area (Å²) in [5, 5.41) is 12.8. The van der Waals surface area contributed by atoms with Gasteiger partial charge in [-0.15, -0.1) is 0 Å². The number of rotatable bonds is 6. The number of phenolic OH excluding ortho intramolecular Hbond substituents is 1. The summed E-state index contributed by atoms with van der Waals surface area (Å²) >= 11 is 0. The predicted molar refractivity (Wildman–Crippen MR) is 88.3 cm³/mol. The van der Waals surface area contributed by atoms with Crippen LogP contribution in [0.2, 0.25) is 0 Å². The maximum absolute atomic E-state index is 11.2. The van der Waals surface area contributed by atoms with Gasteiger partial charge in [-0.2, -0.15) is 0 Å². The van der Waals surface area contributed by atoms with E-state index in [1.165, 1.54) is 0 Å². The molecule has 0 spiro atoms. The van der Waals surface area contributed by atoms with Crippen LogP contribution in [0.25, 0.3) is 0 Å². The third-order valence-electron chi connectivity index (χ3n) is 3.24. The predicted octanol–water partition coefficient (Wildman–Crippen LogP) is 2.61. The van der Waals surface area contributed by atoms with Crippen molar-refractivity contribution in [2.75, 3.05) is 11.0 Å². The van der Waals surface area contributed by atoms with Crippen LogP contribution in [0, 0.1) is 0 Å². The Morgan fingerprint density at radius 3 is 2.41 bits per heavy atom. The molecule has 0 radical (unpaired) electrons. The molecular weight excluding hydrogens is 300 g/mol. The Bertz CT molecular complexity index is 727. The maximum Gasteiger partial charge on any atom is 0.229 e. The zero-order chi connectivity index (χ0) is 16.2. The van der Waals surface area contributed by atoms with Gasteiger partial charge in [-0.05, 0) is 42.3 Å². The zero-order valence-electron chi connectivity index (χ0n) is 12.6. The molecule has 1 atom stereocenters. The molecule has 0 aromatic heterocycles. The van der Waals surface area contributed by atoms with Gasteiger partial charge in [0.15, 0.2) is 0 Å².